The SMILES string of the molecule is CC.CC.CC.CC.CC.CC.CN(C)c1ccc(-c2cccc3c2Cc2ccccc2-3)cc1.CN(C)c1cccc(-c2cccc3c2Cc2ccccc2-3)c1.CN(C)c1ccccc1-c1cccc2c1Cc1ccccc1-2. The molecule has 0 amide bonds. The van der Waals surface area contributed by atoms with E-state index >= 15 is 0 Å². The lowest BCUT2D eigenvalue weighted by atomic mass is 9.94. The third kappa shape index (κ3) is 14.5. The molecule has 9 aromatic carbocycles. The molecule has 78 heavy (non-hydrogen) atoms. The molecule has 0 bridgehead atoms. The van der Waals surface area contributed by atoms with Gasteiger partial charge in [-0.2, -0.15) is 0 Å². The minimum Gasteiger partial charge on any atom is -0.378 e. The molecule has 408 valence electrons. The molecule has 0 aromatic heterocycles. The van der Waals surface area contributed by atoms with Crippen LogP contribution < -0.4 is 14.7 Å². The Morgan fingerprint density at radius 2 is 0.538 bits per heavy atom. The summed E-state index contributed by atoms with van der Waals surface area (Å²) in [6.45, 7) is 24.0. The molecule has 12 rings (SSSR count). The third-order valence-electron chi connectivity index (χ3n) is 13.6. The van der Waals surface area contributed by atoms with E-state index in [1.165, 1.54) is 117 Å². The molecule has 0 atom stereocenters. The highest BCUT2D eigenvalue weighted by Crippen LogP contribution is 2.45. The fourth-order valence-corrected chi connectivity index (χ4v) is 10.2. The van der Waals surface area contributed by atoms with E-state index in [0.717, 1.165) is 19.3 Å². The largest absolute Gasteiger partial charge is 0.378 e. The average molecular weight is 1040 g/mol. The molecular formula is C75H93N3. The molecule has 0 aliphatic heterocycles. The first kappa shape index (κ1) is 62.9. The summed E-state index contributed by atoms with van der Waals surface area (Å²) < 4.78 is 0. The summed E-state index contributed by atoms with van der Waals surface area (Å²) in [5, 5.41) is 0. The van der Waals surface area contributed by atoms with Crippen molar-refractivity contribution >= 4 is 17.1 Å². The van der Waals surface area contributed by atoms with Crippen molar-refractivity contribution in [2.24, 2.45) is 0 Å². The van der Waals surface area contributed by atoms with Gasteiger partial charge in [0.05, 0.1) is 0 Å². The monoisotopic (exact) mass is 1040 g/mol. The molecule has 3 heteroatoms. The normalized spacial score (nSPS) is 10.5. The van der Waals surface area contributed by atoms with Crippen molar-refractivity contribution in [3.63, 3.8) is 0 Å². The van der Waals surface area contributed by atoms with E-state index in [2.05, 4.69) is 257 Å². The van der Waals surface area contributed by atoms with Crippen LogP contribution in [0.4, 0.5) is 17.1 Å². The minimum atomic E-state index is 1.03. The minimum absolute atomic E-state index is 1.03. The summed E-state index contributed by atoms with van der Waals surface area (Å²) in [6, 6.07) is 72.6. The zero-order valence-electron chi connectivity index (χ0n) is 51.0. The van der Waals surface area contributed by atoms with Crippen molar-refractivity contribution in [3.8, 4) is 66.8 Å². The van der Waals surface area contributed by atoms with Crippen molar-refractivity contribution in [3.05, 3.63) is 234 Å². The van der Waals surface area contributed by atoms with E-state index in [1.54, 1.807) is 0 Å². The predicted molar refractivity (Wildman–Crippen MR) is 351 cm³/mol. The van der Waals surface area contributed by atoms with Gasteiger partial charge >= 0.3 is 0 Å². The Hall–Kier alpha value is -7.62. The van der Waals surface area contributed by atoms with Crippen LogP contribution in [0.15, 0.2) is 200 Å². The molecule has 3 aliphatic carbocycles. The molecule has 0 heterocycles. The Balaban J connectivity index is 0.000000230. The summed E-state index contributed by atoms with van der Waals surface area (Å²) in [5.74, 6) is 0. The van der Waals surface area contributed by atoms with Crippen molar-refractivity contribution in [2.45, 2.75) is 102 Å². The van der Waals surface area contributed by atoms with Crippen LogP contribution in [0.2, 0.25) is 0 Å². The van der Waals surface area contributed by atoms with Gasteiger partial charge in [-0.3, -0.25) is 0 Å². The van der Waals surface area contributed by atoms with E-state index in [-0.39, 0.29) is 0 Å². The maximum atomic E-state index is 2.28. The smallest absolute Gasteiger partial charge is 0.0440 e. The second kappa shape index (κ2) is 32.2. The van der Waals surface area contributed by atoms with Crippen LogP contribution in [0.1, 0.15) is 116 Å². The standard InChI is InChI=1S/3C21H19N.6C2H6/c1-22(2)17-9-5-8-15(13-17)19-11-6-12-20-18-10-4-3-7-16(18)14-21(19)20;1-22(2)21-13-6-5-10-19(21)18-12-7-11-17-16-9-4-3-8-15(16)14-20(17)18;1-22(2)17-12-10-15(11-13-17)18-8-5-9-20-19-7-4-3-6-16(19)14-21(18)20;6*1-2/h3*3-13H,14H2,1-2H3;6*1-2H3. The van der Waals surface area contributed by atoms with Gasteiger partial charge in [-0.1, -0.05) is 253 Å². The molecule has 3 nitrogen and oxygen atoms in total. The molecule has 0 saturated carbocycles. The maximum absolute atomic E-state index is 2.28. The molecule has 0 radical (unpaired) electrons. The van der Waals surface area contributed by atoms with Crippen LogP contribution >= 0.6 is 0 Å². The molecule has 3 aliphatic rings. The Kier molecular flexibility index (Phi) is 26.0. The topological polar surface area (TPSA) is 9.72 Å². The Morgan fingerprint density at radius 3 is 0.936 bits per heavy atom. The Morgan fingerprint density at radius 1 is 0.231 bits per heavy atom. The highest BCUT2D eigenvalue weighted by atomic mass is 15.1. The first-order valence-corrected chi connectivity index (χ1v) is 29.2. The molecule has 0 spiro atoms. The lowest BCUT2D eigenvalue weighted by Gasteiger charge is -2.19. The van der Waals surface area contributed by atoms with Gasteiger partial charge in [-0.05, 0) is 144 Å². The van der Waals surface area contributed by atoms with E-state index in [0.29, 0.717) is 0 Å². The van der Waals surface area contributed by atoms with Crippen LogP contribution in [0.5, 0.6) is 0 Å². The molecule has 0 unspecified atom stereocenters. The van der Waals surface area contributed by atoms with E-state index < -0.39 is 0 Å². The van der Waals surface area contributed by atoms with Crippen molar-refractivity contribution in [1.29, 1.82) is 0 Å². The summed E-state index contributed by atoms with van der Waals surface area (Å²) in [4.78, 5) is 6.48. The number of para-hydroxylation sites is 1. The van der Waals surface area contributed by atoms with Gasteiger partial charge in [0, 0.05) is 64.9 Å². The Bertz CT molecular complexity index is 3210. The predicted octanol–water partition coefficient (Wildman–Crippen LogP) is 21.1. The fourth-order valence-electron chi connectivity index (χ4n) is 10.2. The van der Waals surface area contributed by atoms with E-state index in [9.17, 15) is 0 Å². The lowest BCUT2D eigenvalue weighted by molar-refractivity contribution is 1.13. The van der Waals surface area contributed by atoms with Gasteiger partial charge in [0.25, 0.3) is 0 Å². The van der Waals surface area contributed by atoms with Crippen LogP contribution in [0.25, 0.3) is 66.8 Å². The van der Waals surface area contributed by atoms with Crippen LogP contribution in [-0.4, -0.2) is 42.3 Å². The molecular weight excluding hydrogens is 943 g/mol. The number of hydrogen-bond acceptors (Lipinski definition) is 3. The number of nitrogens with zero attached hydrogens (tertiary/aromatic N) is 3. The van der Waals surface area contributed by atoms with Crippen molar-refractivity contribution in [1.82, 2.24) is 0 Å². The van der Waals surface area contributed by atoms with Crippen molar-refractivity contribution in [2.75, 3.05) is 57.0 Å². The molecule has 0 N–H and O–H groups in total. The van der Waals surface area contributed by atoms with Gasteiger partial charge in [-0.15, -0.1) is 0 Å². The van der Waals surface area contributed by atoms with Gasteiger partial charge in [-0.25, -0.2) is 0 Å². The van der Waals surface area contributed by atoms with Crippen molar-refractivity contribution < 1.29 is 0 Å². The average Bonchev–Trinajstić information content (AvgIpc) is 4.33. The summed E-state index contributed by atoms with van der Waals surface area (Å²) in [5.41, 5.74) is 28.8. The first-order chi connectivity index (χ1) is 38.2. The second-order valence-electron chi connectivity index (χ2n) is 18.3. The zero-order valence-corrected chi connectivity index (χ0v) is 51.0. The van der Waals surface area contributed by atoms with E-state index in [1.807, 2.05) is 83.1 Å². The lowest BCUT2D eigenvalue weighted by Crippen LogP contribution is -2.10. The quantitative estimate of drug-likeness (QED) is 0.164. The van der Waals surface area contributed by atoms with Crippen LogP contribution in [0, 0.1) is 0 Å². The summed E-state index contributed by atoms with van der Waals surface area (Å²) >= 11 is 0. The van der Waals surface area contributed by atoms with Crippen LogP contribution in [-0.2, 0) is 19.3 Å². The summed E-state index contributed by atoms with van der Waals surface area (Å²) in [7, 11) is 12.5. The summed E-state index contributed by atoms with van der Waals surface area (Å²) in [6.07, 6.45) is 3.11. The molecule has 0 fully saturated rings. The molecule has 9 aromatic rings. The number of rotatable bonds is 6. The highest BCUT2D eigenvalue weighted by molar-refractivity contribution is 5.90. The maximum Gasteiger partial charge on any atom is 0.0440 e. The van der Waals surface area contributed by atoms with E-state index in [4.69, 9.17) is 0 Å². The van der Waals surface area contributed by atoms with Crippen LogP contribution in [0.3, 0.4) is 0 Å². The number of hydrogen-bond donors (Lipinski definition) is 0. The highest BCUT2D eigenvalue weighted by Gasteiger charge is 2.24. The van der Waals surface area contributed by atoms with Gasteiger partial charge in [0.15, 0.2) is 0 Å². The third-order valence-corrected chi connectivity index (χ3v) is 13.6. The molecule has 0 saturated heterocycles. The Labute approximate surface area is 474 Å². The zero-order chi connectivity index (χ0) is 57.3. The number of fused-ring (bicyclic) bond motifs is 9. The fraction of sp³-hybridized carbons (Fsp3) is 0.280. The second-order valence-corrected chi connectivity index (χ2v) is 18.3. The number of benzene rings is 9. The van der Waals surface area contributed by atoms with Gasteiger partial charge in [0.2, 0.25) is 0 Å². The first-order valence-electron chi connectivity index (χ1n) is 29.2. The van der Waals surface area contributed by atoms with Gasteiger partial charge < -0.3 is 14.7 Å². The number of anilines is 3. The van der Waals surface area contributed by atoms with Gasteiger partial charge in [0.1, 0.15) is 0 Å².